The van der Waals surface area contributed by atoms with Crippen LogP contribution in [-0.4, -0.2) is 38.8 Å². The molecular weight excluding hydrogens is 406 g/mol. The van der Waals surface area contributed by atoms with E-state index < -0.39 is 11.8 Å². The van der Waals surface area contributed by atoms with Crippen molar-refractivity contribution in [1.82, 2.24) is 20.2 Å². The van der Waals surface area contributed by atoms with E-state index in [0.717, 1.165) is 15.6 Å². The van der Waals surface area contributed by atoms with E-state index in [4.69, 9.17) is 12.2 Å². The Balaban J connectivity index is 1.72. The van der Waals surface area contributed by atoms with E-state index in [2.05, 4.69) is 15.3 Å². The molecule has 0 atom stereocenters. The molecule has 3 aromatic rings. The second-order valence-corrected chi connectivity index (χ2v) is 7.56. The lowest BCUT2D eigenvalue weighted by molar-refractivity contribution is -0.128. The first-order chi connectivity index (χ1) is 14.0. The molecule has 1 N–H and O–H groups in total. The third kappa shape index (κ3) is 3.78. The van der Waals surface area contributed by atoms with Crippen LogP contribution in [-0.2, 0) is 9.59 Å². The first-order valence-corrected chi connectivity index (χ1v) is 9.84. The van der Waals surface area contributed by atoms with Crippen LogP contribution in [0.5, 0.6) is 0 Å². The number of para-hydroxylation sites is 1. The molecule has 3 heterocycles. The van der Waals surface area contributed by atoms with E-state index in [9.17, 15) is 9.59 Å². The Morgan fingerprint density at radius 3 is 2.52 bits per heavy atom. The van der Waals surface area contributed by atoms with Gasteiger partial charge >= 0.3 is 0 Å². The lowest BCUT2D eigenvalue weighted by atomic mass is 10.1. The van der Waals surface area contributed by atoms with Crippen LogP contribution in [0.1, 0.15) is 4.88 Å². The van der Waals surface area contributed by atoms with E-state index in [1.165, 1.54) is 23.3 Å². The van der Waals surface area contributed by atoms with Crippen LogP contribution in [0.25, 0.3) is 6.08 Å². The van der Waals surface area contributed by atoms with Gasteiger partial charge in [0.05, 0.1) is 0 Å². The Hall–Kier alpha value is -3.43. The normalized spacial score (nSPS) is 15.6. The van der Waals surface area contributed by atoms with Gasteiger partial charge in [-0.1, -0.05) is 18.2 Å². The Bertz CT molecular complexity index is 1070. The Kier molecular flexibility index (Phi) is 5.15. The number of hydrogen-bond acceptors (Lipinski definition) is 7. The van der Waals surface area contributed by atoms with Crippen molar-refractivity contribution in [2.75, 3.05) is 11.9 Å². The average molecular weight is 422 g/mol. The van der Waals surface area contributed by atoms with Crippen molar-refractivity contribution in [2.24, 2.45) is 0 Å². The lowest BCUT2D eigenvalue weighted by Gasteiger charge is -2.24. The van der Waals surface area contributed by atoms with Gasteiger partial charge in [0.2, 0.25) is 5.95 Å². The fraction of sp³-hybridized carbons (Fsp3) is 0.0500. The minimum absolute atomic E-state index is 0.0386. The number of carbonyl (C=O) groups is 2. The molecule has 1 aliphatic rings. The zero-order valence-corrected chi connectivity index (χ0v) is 16.9. The average Bonchev–Trinajstić information content (AvgIpc) is 3.19. The minimum atomic E-state index is -0.501. The highest BCUT2D eigenvalue weighted by atomic mass is 32.1. The number of nitrogens with zero attached hydrogens (tertiary/aromatic N) is 4. The summed E-state index contributed by atoms with van der Waals surface area (Å²) < 4.78 is 0. The SMILES string of the molecule is CN1C(=O)/C(=C/c2ccc(N(c3ccccc3)c3ncccn3)s2)C(=O)NC1=S. The van der Waals surface area contributed by atoms with Gasteiger partial charge in [-0.15, -0.1) is 11.3 Å². The first kappa shape index (κ1) is 18.9. The molecular formula is C20H15N5O2S2. The minimum Gasteiger partial charge on any atom is -0.298 e. The van der Waals surface area contributed by atoms with Gasteiger partial charge in [0, 0.05) is 30.0 Å². The summed E-state index contributed by atoms with van der Waals surface area (Å²) in [5.41, 5.74) is 0.938. The van der Waals surface area contributed by atoms with Gasteiger partial charge in [0.15, 0.2) is 5.11 Å². The monoisotopic (exact) mass is 421 g/mol. The lowest BCUT2D eigenvalue weighted by Crippen LogP contribution is -2.52. The van der Waals surface area contributed by atoms with Crippen LogP contribution in [0.4, 0.5) is 16.6 Å². The van der Waals surface area contributed by atoms with E-state index in [-0.39, 0.29) is 10.7 Å². The molecule has 2 aromatic heterocycles. The number of aromatic nitrogens is 2. The molecule has 0 radical (unpaired) electrons. The van der Waals surface area contributed by atoms with Crippen LogP contribution < -0.4 is 10.2 Å². The number of nitrogens with one attached hydrogen (secondary N) is 1. The van der Waals surface area contributed by atoms with Gasteiger partial charge in [0.25, 0.3) is 11.8 Å². The zero-order valence-electron chi connectivity index (χ0n) is 15.3. The number of anilines is 3. The van der Waals surface area contributed by atoms with E-state index in [0.29, 0.717) is 5.95 Å². The maximum absolute atomic E-state index is 12.4. The molecule has 1 saturated heterocycles. The fourth-order valence-corrected chi connectivity index (χ4v) is 3.90. The van der Waals surface area contributed by atoms with Crippen molar-refractivity contribution in [3.8, 4) is 0 Å². The van der Waals surface area contributed by atoms with Gasteiger partial charge in [-0.3, -0.25) is 24.7 Å². The first-order valence-electron chi connectivity index (χ1n) is 8.61. The molecule has 144 valence electrons. The van der Waals surface area contributed by atoms with Crippen LogP contribution >= 0.6 is 23.6 Å². The molecule has 0 saturated carbocycles. The van der Waals surface area contributed by atoms with Crippen LogP contribution in [0.2, 0.25) is 0 Å². The molecule has 0 spiro atoms. The van der Waals surface area contributed by atoms with Gasteiger partial charge in [-0.05, 0) is 48.6 Å². The molecule has 7 nitrogen and oxygen atoms in total. The second kappa shape index (κ2) is 7.90. The number of thiophene rings is 1. The number of benzene rings is 1. The summed E-state index contributed by atoms with van der Waals surface area (Å²) in [5.74, 6) is -0.407. The van der Waals surface area contributed by atoms with E-state index in [1.807, 2.05) is 47.4 Å². The predicted octanol–water partition coefficient (Wildman–Crippen LogP) is 3.26. The molecule has 1 aliphatic heterocycles. The van der Waals surface area contributed by atoms with E-state index >= 15 is 0 Å². The van der Waals surface area contributed by atoms with Crippen LogP contribution in [0.3, 0.4) is 0 Å². The topological polar surface area (TPSA) is 78.4 Å². The number of likely N-dealkylation sites (N-methyl/N-ethyl adjacent to an activating group) is 1. The van der Waals surface area contributed by atoms with Gasteiger partial charge in [-0.25, -0.2) is 9.97 Å². The van der Waals surface area contributed by atoms with Crippen molar-refractivity contribution in [1.29, 1.82) is 0 Å². The summed E-state index contributed by atoms with van der Waals surface area (Å²) in [6.07, 6.45) is 4.93. The zero-order chi connectivity index (χ0) is 20.4. The maximum Gasteiger partial charge on any atom is 0.265 e. The molecule has 0 aliphatic carbocycles. The second-order valence-electron chi connectivity index (χ2n) is 6.08. The summed E-state index contributed by atoms with van der Waals surface area (Å²) in [5, 5.41) is 3.46. The molecule has 29 heavy (non-hydrogen) atoms. The summed E-state index contributed by atoms with van der Waals surface area (Å²) in [4.78, 5) is 37.3. The summed E-state index contributed by atoms with van der Waals surface area (Å²) in [6.45, 7) is 0. The van der Waals surface area contributed by atoms with Crippen molar-refractivity contribution >= 4 is 63.2 Å². The third-order valence-corrected chi connectivity index (χ3v) is 5.58. The standard InChI is InChI=1S/C20H15N5O2S2/c1-24-18(27)15(17(26)23-20(24)28)12-14-8-9-16(29-14)25(13-6-3-2-4-7-13)19-21-10-5-11-22-19/h2-12H,1H3,(H,23,26,28)/b15-12+. The van der Waals surface area contributed by atoms with Crippen LogP contribution in [0.15, 0.2) is 66.5 Å². The van der Waals surface area contributed by atoms with Gasteiger partial charge in [-0.2, -0.15) is 0 Å². The molecule has 0 unspecified atom stereocenters. The smallest absolute Gasteiger partial charge is 0.265 e. The third-order valence-electron chi connectivity index (χ3n) is 4.19. The highest BCUT2D eigenvalue weighted by Crippen LogP contribution is 2.37. The number of thiocarbonyl (C=S) groups is 1. The Labute approximate surface area is 176 Å². The van der Waals surface area contributed by atoms with Gasteiger partial charge in [0.1, 0.15) is 10.6 Å². The molecule has 1 fully saturated rings. The fourth-order valence-electron chi connectivity index (χ4n) is 2.75. The van der Waals surface area contributed by atoms with E-state index in [1.54, 1.807) is 24.5 Å². The van der Waals surface area contributed by atoms with Crippen molar-refractivity contribution in [2.45, 2.75) is 0 Å². The highest BCUT2D eigenvalue weighted by Gasteiger charge is 2.31. The number of carbonyl (C=O) groups excluding carboxylic acids is 2. The highest BCUT2D eigenvalue weighted by molar-refractivity contribution is 7.80. The maximum atomic E-state index is 12.4. The number of amides is 2. The summed E-state index contributed by atoms with van der Waals surface area (Å²) in [7, 11) is 1.53. The van der Waals surface area contributed by atoms with Crippen molar-refractivity contribution in [3.63, 3.8) is 0 Å². The molecule has 9 heteroatoms. The van der Waals surface area contributed by atoms with Gasteiger partial charge < -0.3 is 0 Å². The number of hydrogen-bond donors (Lipinski definition) is 1. The largest absolute Gasteiger partial charge is 0.298 e. The summed E-state index contributed by atoms with van der Waals surface area (Å²) >= 11 is 6.39. The van der Waals surface area contributed by atoms with Crippen LogP contribution in [0, 0.1) is 0 Å². The Morgan fingerprint density at radius 2 is 1.79 bits per heavy atom. The van der Waals surface area contributed by atoms with Crippen molar-refractivity contribution in [3.05, 3.63) is 71.4 Å². The molecule has 4 rings (SSSR count). The quantitative estimate of drug-likeness (QED) is 0.396. The summed E-state index contributed by atoms with van der Waals surface area (Å²) in [6, 6.07) is 15.2. The van der Waals surface area contributed by atoms with Crippen molar-refractivity contribution < 1.29 is 9.59 Å². The Morgan fingerprint density at radius 1 is 1.07 bits per heavy atom. The molecule has 0 bridgehead atoms. The number of rotatable bonds is 4. The molecule has 2 amide bonds. The molecule has 1 aromatic carbocycles. The predicted molar refractivity (Wildman–Crippen MR) is 116 cm³/mol.